The fraction of sp³-hybridized carbons (Fsp3) is 0.700. The number of aliphatic hydroxyl groups excluding tert-OH is 1. The van der Waals surface area contributed by atoms with Gasteiger partial charge in [0.25, 0.3) is 0 Å². The van der Waals surface area contributed by atoms with Crippen LogP contribution < -0.4 is 0 Å². The third kappa shape index (κ3) is 1.48. The number of fused-ring (bicyclic) bond motifs is 1. The molecule has 1 aromatic rings. The highest BCUT2D eigenvalue weighted by molar-refractivity contribution is 5.19. The summed E-state index contributed by atoms with van der Waals surface area (Å²) < 4.78 is 2.16. The lowest BCUT2D eigenvalue weighted by Crippen LogP contribution is -2.07. The Bertz CT molecular complexity index is 304. The molecule has 0 bridgehead atoms. The van der Waals surface area contributed by atoms with Gasteiger partial charge in [-0.05, 0) is 25.7 Å². The molecule has 0 fully saturated rings. The summed E-state index contributed by atoms with van der Waals surface area (Å²) in [4.78, 5) is 4.54. The minimum absolute atomic E-state index is 0.198. The highest BCUT2D eigenvalue weighted by Gasteiger charge is 2.16. The van der Waals surface area contributed by atoms with Crippen LogP contribution in [-0.4, -0.2) is 21.3 Å². The number of rotatable bonds is 2. The van der Waals surface area contributed by atoms with Crippen LogP contribution in [-0.2, 0) is 26.3 Å². The molecule has 0 aliphatic heterocycles. The number of aryl methyl sites for hydroxylation is 1. The predicted molar refractivity (Wildman–Crippen MR) is 50.6 cm³/mol. The van der Waals surface area contributed by atoms with Crippen LogP contribution in [0.25, 0.3) is 0 Å². The van der Waals surface area contributed by atoms with Crippen molar-refractivity contribution in [2.24, 2.45) is 7.05 Å². The van der Waals surface area contributed by atoms with E-state index >= 15 is 0 Å². The molecule has 2 rings (SSSR count). The first-order chi connectivity index (χ1) is 6.33. The minimum atomic E-state index is 0.198. The summed E-state index contributed by atoms with van der Waals surface area (Å²) in [5.41, 5.74) is 2.65. The van der Waals surface area contributed by atoms with Crippen molar-refractivity contribution in [3.63, 3.8) is 0 Å². The molecule has 0 amide bonds. The van der Waals surface area contributed by atoms with E-state index in [9.17, 15) is 0 Å². The van der Waals surface area contributed by atoms with E-state index in [2.05, 4.69) is 16.6 Å². The first kappa shape index (κ1) is 8.75. The van der Waals surface area contributed by atoms with E-state index in [1.54, 1.807) is 0 Å². The van der Waals surface area contributed by atoms with Crippen LogP contribution >= 0.6 is 0 Å². The van der Waals surface area contributed by atoms with Gasteiger partial charge in [0.05, 0.1) is 12.3 Å². The van der Waals surface area contributed by atoms with Crippen molar-refractivity contribution in [1.82, 2.24) is 9.55 Å². The summed E-state index contributed by atoms with van der Waals surface area (Å²) in [6.45, 7) is 0.198. The molecular weight excluding hydrogens is 164 g/mol. The molecule has 72 valence electrons. The third-order valence-electron chi connectivity index (χ3n) is 2.80. The summed E-state index contributed by atoms with van der Waals surface area (Å²) in [6, 6.07) is 0. The van der Waals surface area contributed by atoms with Gasteiger partial charge in [-0.3, -0.25) is 0 Å². The smallest absolute Gasteiger partial charge is 0.111 e. The average molecular weight is 180 g/mol. The highest BCUT2D eigenvalue weighted by atomic mass is 16.3. The number of nitrogens with zero attached hydrogens (tertiary/aromatic N) is 2. The molecular formula is C10H16N2O. The quantitative estimate of drug-likeness (QED) is 0.732. The molecule has 3 heteroatoms. The van der Waals surface area contributed by atoms with Gasteiger partial charge in [-0.1, -0.05) is 0 Å². The molecule has 0 aromatic carbocycles. The second-order valence-corrected chi connectivity index (χ2v) is 3.66. The second kappa shape index (κ2) is 3.50. The van der Waals surface area contributed by atoms with E-state index < -0.39 is 0 Å². The summed E-state index contributed by atoms with van der Waals surface area (Å²) >= 11 is 0. The number of aliphatic hydroxyl groups is 1. The number of hydrogen-bond acceptors (Lipinski definition) is 2. The Morgan fingerprint density at radius 2 is 2.15 bits per heavy atom. The average Bonchev–Trinajstić information content (AvgIpc) is 2.46. The van der Waals surface area contributed by atoms with Crippen molar-refractivity contribution in [1.29, 1.82) is 0 Å². The summed E-state index contributed by atoms with van der Waals surface area (Å²) in [7, 11) is 2.06. The molecule has 0 saturated carbocycles. The Labute approximate surface area is 78.4 Å². The second-order valence-electron chi connectivity index (χ2n) is 3.66. The van der Waals surface area contributed by atoms with Gasteiger partial charge in [0.2, 0.25) is 0 Å². The maximum absolute atomic E-state index is 8.85. The lowest BCUT2D eigenvalue weighted by molar-refractivity contribution is 0.295. The molecule has 0 atom stereocenters. The van der Waals surface area contributed by atoms with Gasteiger partial charge in [-0.15, -0.1) is 0 Å². The normalized spacial score (nSPS) is 15.8. The third-order valence-corrected chi connectivity index (χ3v) is 2.80. The summed E-state index contributed by atoms with van der Waals surface area (Å²) in [5.74, 6) is 1.04. The lowest BCUT2D eigenvalue weighted by Gasteiger charge is -2.11. The maximum Gasteiger partial charge on any atom is 0.111 e. The summed E-state index contributed by atoms with van der Waals surface area (Å²) in [5, 5.41) is 8.85. The van der Waals surface area contributed by atoms with Gasteiger partial charge in [-0.25, -0.2) is 4.98 Å². The van der Waals surface area contributed by atoms with Crippen molar-refractivity contribution in [3.8, 4) is 0 Å². The van der Waals surface area contributed by atoms with Crippen LogP contribution in [0.15, 0.2) is 0 Å². The van der Waals surface area contributed by atoms with Crippen LogP contribution in [0.3, 0.4) is 0 Å². The Balaban J connectivity index is 2.33. The number of hydrogen-bond donors (Lipinski definition) is 1. The minimum Gasteiger partial charge on any atom is -0.396 e. The SMILES string of the molecule is Cn1c(CCO)nc2c1CCCC2. The van der Waals surface area contributed by atoms with Gasteiger partial charge in [0.1, 0.15) is 5.82 Å². The molecule has 1 N–H and O–H groups in total. The first-order valence-corrected chi connectivity index (χ1v) is 4.97. The molecule has 0 saturated heterocycles. The Hall–Kier alpha value is -0.830. The number of aromatic nitrogens is 2. The van der Waals surface area contributed by atoms with Crippen molar-refractivity contribution in [3.05, 3.63) is 17.2 Å². The predicted octanol–water partition coefficient (Wildman–Crippen LogP) is 0.834. The Morgan fingerprint density at radius 1 is 1.38 bits per heavy atom. The maximum atomic E-state index is 8.85. The largest absolute Gasteiger partial charge is 0.396 e. The van der Waals surface area contributed by atoms with Gasteiger partial charge in [0, 0.05) is 19.2 Å². The molecule has 0 radical (unpaired) electrons. The highest BCUT2D eigenvalue weighted by Crippen LogP contribution is 2.21. The fourth-order valence-corrected chi connectivity index (χ4v) is 2.07. The number of imidazole rings is 1. The van der Waals surface area contributed by atoms with Crippen LogP contribution in [0.4, 0.5) is 0 Å². The molecule has 0 unspecified atom stereocenters. The van der Waals surface area contributed by atoms with Crippen LogP contribution in [0.5, 0.6) is 0 Å². The van der Waals surface area contributed by atoms with E-state index in [1.165, 1.54) is 24.2 Å². The van der Waals surface area contributed by atoms with Crippen LogP contribution in [0.2, 0.25) is 0 Å². The van der Waals surface area contributed by atoms with Gasteiger partial charge >= 0.3 is 0 Å². The molecule has 3 nitrogen and oxygen atoms in total. The molecule has 13 heavy (non-hydrogen) atoms. The van der Waals surface area contributed by atoms with Gasteiger partial charge in [-0.2, -0.15) is 0 Å². The van der Waals surface area contributed by atoms with Crippen molar-refractivity contribution >= 4 is 0 Å². The van der Waals surface area contributed by atoms with Crippen molar-refractivity contribution in [2.75, 3.05) is 6.61 Å². The van der Waals surface area contributed by atoms with E-state index in [4.69, 9.17) is 5.11 Å². The topological polar surface area (TPSA) is 38.0 Å². The zero-order valence-electron chi connectivity index (χ0n) is 8.08. The van der Waals surface area contributed by atoms with Crippen LogP contribution in [0.1, 0.15) is 30.1 Å². The molecule has 1 aliphatic carbocycles. The van der Waals surface area contributed by atoms with Crippen molar-refractivity contribution in [2.45, 2.75) is 32.1 Å². The van der Waals surface area contributed by atoms with Crippen molar-refractivity contribution < 1.29 is 5.11 Å². The standard InChI is InChI=1S/C10H16N2O/c1-12-9-5-3-2-4-8(9)11-10(12)6-7-13/h13H,2-7H2,1H3. The Kier molecular flexibility index (Phi) is 2.36. The Morgan fingerprint density at radius 3 is 2.85 bits per heavy atom. The zero-order valence-corrected chi connectivity index (χ0v) is 8.08. The van der Waals surface area contributed by atoms with Gasteiger partial charge < -0.3 is 9.67 Å². The first-order valence-electron chi connectivity index (χ1n) is 4.97. The van der Waals surface area contributed by atoms with E-state index in [-0.39, 0.29) is 6.61 Å². The lowest BCUT2D eigenvalue weighted by atomic mass is 10.0. The molecule has 1 heterocycles. The van der Waals surface area contributed by atoms with E-state index in [1.807, 2.05) is 0 Å². The summed E-state index contributed by atoms with van der Waals surface area (Å²) in [6.07, 6.45) is 5.51. The fourth-order valence-electron chi connectivity index (χ4n) is 2.07. The molecule has 1 aromatic heterocycles. The zero-order chi connectivity index (χ0) is 9.26. The van der Waals surface area contributed by atoms with E-state index in [0.29, 0.717) is 6.42 Å². The van der Waals surface area contributed by atoms with E-state index in [0.717, 1.165) is 18.7 Å². The van der Waals surface area contributed by atoms with Gasteiger partial charge in [0.15, 0.2) is 0 Å². The molecule has 0 spiro atoms. The van der Waals surface area contributed by atoms with Crippen LogP contribution in [0, 0.1) is 0 Å². The monoisotopic (exact) mass is 180 g/mol. The molecule has 1 aliphatic rings.